The number of carbonyl (C=O) groups excluding carboxylic acids is 3. The first kappa shape index (κ1) is 24.7. The molecule has 0 saturated carbocycles. The van der Waals surface area contributed by atoms with Crippen LogP contribution in [0, 0.1) is 0 Å². The average molecular weight is 518 g/mol. The third-order valence-electron chi connectivity index (χ3n) is 6.63. The fourth-order valence-corrected chi connectivity index (χ4v) is 6.01. The van der Waals surface area contributed by atoms with Gasteiger partial charge >= 0.3 is 0 Å². The molecule has 4 aromatic rings. The zero-order chi connectivity index (χ0) is 25.9. The van der Waals surface area contributed by atoms with Crippen molar-refractivity contribution in [3.8, 4) is 5.75 Å². The van der Waals surface area contributed by atoms with Gasteiger partial charge in [0.1, 0.15) is 10.3 Å². The normalized spacial score (nSPS) is 13.4. The average Bonchev–Trinajstić information content (AvgIpc) is 3.52. The van der Waals surface area contributed by atoms with Crippen LogP contribution in [0.2, 0.25) is 0 Å². The highest BCUT2D eigenvalue weighted by Gasteiger charge is 2.26. The number of pyridine rings is 1. The molecule has 2 aromatic carbocycles. The molecule has 1 N–H and O–H groups in total. The van der Waals surface area contributed by atoms with Crippen LogP contribution in [-0.4, -0.2) is 53.8 Å². The van der Waals surface area contributed by atoms with Crippen LogP contribution in [0.1, 0.15) is 39.3 Å². The predicted octanol–water partition coefficient (Wildman–Crippen LogP) is 3.85. The number of ether oxygens (including phenoxy) is 1. The van der Waals surface area contributed by atoms with Crippen LogP contribution in [0.25, 0.3) is 21.0 Å². The van der Waals surface area contributed by atoms with Gasteiger partial charge < -0.3 is 15.0 Å². The molecule has 0 bridgehead atoms. The van der Waals surface area contributed by atoms with Gasteiger partial charge in [0, 0.05) is 37.0 Å². The molecule has 1 fully saturated rings. The number of rotatable bonds is 9. The minimum atomic E-state index is -0.377. The van der Waals surface area contributed by atoms with Gasteiger partial charge in [-0.15, -0.1) is 11.3 Å². The first-order valence-corrected chi connectivity index (χ1v) is 13.1. The fraction of sp³-hybridized carbons (Fsp3) is 0.286. The molecule has 0 aliphatic carbocycles. The number of nitrogens with zero attached hydrogens (tertiary/aromatic N) is 2. The molecule has 37 heavy (non-hydrogen) atoms. The highest BCUT2D eigenvalue weighted by molar-refractivity contribution is 7.22. The number of carbonyl (C=O) groups is 3. The maximum atomic E-state index is 13.7. The van der Waals surface area contributed by atoms with Crippen molar-refractivity contribution in [3.63, 3.8) is 0 Å². The predicted molar refractivity (Wildman–Crippen MR) is 144 cm³/mol. The van der Waals surface area contributed by atoms with E-state index in [1.54, 1.807) is 30.3 Å². The summed E-state index contributed by atoms with van der Waals surface area (Å²) in [5, 5.41) is 3.96. The number of Topliss-reactive ketones (excluding diaryl/α,β-unsaturated/α-hetero) is 1. The summed E-state index contributed by atoms with van der Waals surface area (Å²) in [6.07, 6.45) is 2.11. The summed E-state index contributed by atoms with van der Waals surface area (Å²) in [4.78, 5) is 53.8. The molecule has 3 heterocycles. The van der Waals surface area contributed by atoms with Gasteiger partial charge in [-0.3, -0.25) is 23.7 Å². The van der Waals surface area contributed by atoms with Gasteiger partial charge in [0.2, 0.25) is 5.91 Å². The topological polar surface area (TPSA) is 97.7 Å². The Kier molecular flexibility index (Phi) is 7.05. The van der Waals surface area contributed by atoms with Gasteiger partial charge in [0.25, 0.3) is 11.5 Å². The summed E-state index contributed by atoms with van der Waals surface area (Å²) in [5.74, 6) is -0.146. The van der Waals surface area contributed by atoms with E-state index in [1.807, 2.05) is 29.2 Å². The summed E-state index contributed by atoms with van der Waals surface area (Å²) in [7, 11) is 1.44. The Morgan fingerprint density at radius 1 is 1.05 bits per heavy atom. The van der Waals surface area contributed by atoms with E-state index in [9.17, 15) is 19.2 Å². The smallest absolute Gasteiger partial charge is 0.265 e. The number of ketones is 1. The monoisotopic (exact) mass is 517 g/mol. The number of nitrogens with one attached hydrogen (secondary N) is 1. The third kappa shape index (κ3) is 4.74. The lowest BCUT2D eigenvalue weighted by Crippen LogP contribution is -2.30. The van der Waals surface area contributed by atoms with Crippen LogP contribution in [-0.2, 0) is 11.3 Å². The summed E-state index contributed by atoms with van der Waals surface area (Å²) >= 11 is 1.21. The van der Waals surface area contributed by atoms with Crippen LogP contribution in [0.5, 0.6) is 5.75 Å². The maximum Gasteiger partial charge on any atom is 0.265 e. The van der Waals surface area contributed by atoms with E-state index in [4.69, 9.17) is 4.74 Å². The van der Waals surface area contributed by atoms with E-state index in [0.717, 1.165) is 18.4 Å². The summed E-state index contributed by atoms with van der Waals surface area (Å²) in [6, 6.07) is 16.2. The minimum Gasteiger partial charge on any atom is -0.494 e. The van der Waals surface area contributed by atoms with Crippen molar-refractivity contribution in [1.82, 2.24) is 14.8 Å². The molecular weight excluding hydrogens is 490 g/mol. The van der Waals surface area contributed by atoms with E-state index in [1.165, 1.54) is 23.0 Å². The van der Waals surface area contributed by atoms with E-state index in [0.29, 0.717) is 52.0 Å². The van der Waals surface area contributed by atoms with Crippen molar-refractivity contribution < 1.29 is 19.1 Å². The van der Waals surface area contributed by atoms with Gasteiger partial charge in [-0.1, -0.05) is 48.5 Å². The number of benzene rings is 2. The Hall–Kier alpha value is -3.98. The first-order chi connectivity index (χ1) is 18.0. The lowest BCUT2D eigenvalue weighted by Gasteiger charge is -2.15. The van der Waals surface area contributed by atoms with Crippen LogP contribution in [0.4, 0.5) is 0 Å². The zero-order valence-electron chi connectivity index (χ0n) is 20.5. The molecular formula is C28H27N3O5S. The summed E-state index contributed by atoms with van der Waals surface area (Å²) in [5.41, 5.74) is 0.764. The first-order valence-electron chi connectivity index (χ1n) is 12.3. The molecule has 1 saturated heterocycles. The number of thiophene rings is 1. The van der Waals surface area contributed by atoms with Crippen molar-refractivity contribution in [3.05, 3.63) is 75.4 Å². The number of para-hydroxylation sites is 1. The molecule has 8 nitrogen and oxygen atoms in total. The highest BCUT2D eigenvalue weighted by atomic mass is 32.1. The largest absolute Gasteiger partial charge is 0.494 e. The minimum absolute atomic E-state index is 0.130. The number of likely N-dealkylation sites (tertiary alicyclic amines) is 1. The zero-order valence-corrected chi connectivity index (χ0v) is 21.3. The molecule has 0 atom stereocenters. The van der Waals surface area contributed by atoms with Crippen molar-refractivity contribution >= 4 is 49.9 Å². The molecule has 0 radical (unpaired) electrons. The van der Waals surface area contributed by atoms with Gasteiger partial charge in [-0.05, 0) is 18.9 Å². The van der Waals surface area contributed by atoms with Crippen LogP contribution < -0.4 is 15.6 Å². The third-order valence-corrected chi connectivity index (χ3v) is 7.84. The van der Waals surface area contributed by atoms with Crippen LogP contribution in [0.3, 0.4) is 0 Å². The quantitative estimate of drug-likeness (QED) is 0.269. The standard InChI is InChI=1S/C28H27N3O5S/c1-36-24-23-25(37-26(24)27(34)29-14-8-16-30-15-7-13-22(30)33)19-11-5-6-12-20(19)31(28(23)35)17-21(32)18-9-3-2-4-10-18/h2-6,9-12H,7-8,13-17H2,1H3,(H,29,34). The number of hydrogen-bond acceptors (Lipinski definition) is 6. The number of aromatic nitrogens is 1. The number of amides is 2. The van der Waals surface area contributed by atoms with Crippen molar-refractivity contribution in [2.45, 2.75) is 25.8 Å². The lowest BCUT2D eigenvalue weighted by molar-refractivity contribution is -0.127. The molecule has 2 aromatic heterocycles. The molecule has 1 aliphatic heterocycles. The SMILES string of the molecule is COc1c(C(=O)NCCCN2CCCC2=O)sc2c1c(=O)n(CC(=O)c1ccccc1)c1ccccc21. The van der Waals surface area contributed by atoms with E-state index < -0.39 is 0 Å². The van der Waals surface area contributed by atoms with Gasteiger partial charge in [-0.2, -0.15) is 0 Å². The van der Waals surface area contributed by atoms with E-state index >= 15 is 0 Å². The second kappa shape index (κ2) is 10.6. The lowest BCUT2D eigenvalue weighted by atomic mass is 10.1. The van der Waals surface area contributed by atoms with E-state index in [-0.39, 0.29) is 35.5 Å². The summed E-state index contributed by atoms with van der Waals surface area (Å²) in [6.45, 7) is 1.64. The number of fused-ring (bicyclic) bond motifs is 3. The molecule has 9 heteroatoms. The second-order valence-electron chi connectivity index (χ2n) is 8.96. The van der Waals surface area contributed by atoms with Crippen molar-refractivity contribution in [2.24, 2.45) is 0 Å². The molecule has 0 spiro atoms. The number of methoxy groups -OCH3 is 1. The van der Waals surface area contributed by atoms with E-state index in [2.05, 4.69) is 5.32 Å². The van der Waals surface area contributed by atoms with Crippen molar-refractivity contribution in [2.75, 3.05) is 26.7 Å². The Labute approximate surface area is 217 Å². The second-order valence-corrected chi connectivity index (χ2v) is 9.98. The fourth-order valence-electron chi connectivity index (χ4n) is 4.80. The molecule has 190 valence electrons. The maximum absolute atomic E-state index is 13.7. The summed E-state index contributed by atoms with van der Waals surface area (Å²) < 4.78 is 7.70. The van der Waals surface area contributed by atoms with Gasteiger partial charge in [0.15, 0.2) is 11.5 Å². The Morgan fingerprint density at radius 2 is 1.81 bits per heavy atom. The Balaban J connectivity index is 1.48. The molecule has 2 amide bonds. The Morgan fingerprint density at radius 3 is 2.54 bits per heavy atom. The highest BCUT2D eigenvalue weighted by Crippen LogP contribution is 2.39. The molecule has 1 aliphatic rings. The molecule has 5 rings (SSSR count). The molecule has 0 unspecified atom stereocenters. The van der Waals surface area contributed by atoms with Gasteiger partial charge in [-0.25, -0.2) is 0 Å². The number of hydrogen-bond donors (Lipinski definition) is 1. The van der Waals surface area contributed by atoms with Crippen LogP contribution in [0.15, 0.2) is 59.4 Å². The van der Waals surface area contributed by atoms with Crippen LogP contribution >= 0.6 is 11.3 Å². The van der Waals surface area contributed by atoms with Crippen molar-refractivity contribution in [1.29, 1.82) is 0 Å². The van der Waals surface area contributed by atoms with Gasteiger partial charge in [0.05, 0.1) is 23.9 Å². The Bertz CT molecular complexity index is 1560.